The van der Waals surface area contributed by atoms with Gasteiger partial charge in [-0.3, -0.25) is 9.59 Å². The normalized spacial score (nSPS) is 14.7. The molecule has 1 heterocycles. The Balaban J connectivity index is 1.85. The first kappa shape index (κ1) is 22.4. The van der Waals surface area contributed by atoms with Crippen molar-refractivity contribution >= 4 is 39.9 Å². The Kier molecular flexibility index (Phi) is 6.96. The van der Waals surface area contributed by atoms with Crippen LogP contribution in [0, 0.1) is 6.92 Å². The molecule has 0 bridgehead atoms. The van der Waals surface area contributed by atoms with Gasteiger partial charge in [-0.05, 0) is 59.1 Å². The van der Waals surface area contributed by atoms with Gasteiger partial charge in [-0.25, -0.2) is 9.69 Å². The number of nitrogens with zero attached hydrogens (tertiary/aromatic N) is 1. The summed E-state index contributed by atoms with van der Waals surface area (Å²) in [5.74, 6) is -1.00. The molecular weight excluding hydrogens is 468 g/mol. The summed E-state index contributed by atoms with van der Waals surface area (Å²) in [7, 11) is 0. The van der Waals surface area contributed by atoms with Crippen LogP contribution in [-0.4, -0.2) is 41.1 Å². The number of aryl methyl sites for hydroxylation is 1. The highest BCUT2D eigenvalue weighted by Crippen LogP contribution is 2.38. The molecule has 1 saturated heterocycles. The molecule has 162 valence electrons. The van der Waals surface area contributed by atoms with E-state index in [1.54, 1.807) is 12.1 Å². The molecule has 0 unspecified atom stereocenters. The van der Waals surface area contributed by atoms with Crippen molar-refractivity contribution < 1.29 is 29.0 Å². The lowest BCUT2D eigenvalue weighted by Crippen LogP contribution is -2.35. The monoisotopic (exact) mass is 488 g/mol. The number of hydrogen-bond donors (Lipinski definition) is 2. The minimum absolute atomic E-state index is 0.0195. The molecule has 2 aromatic carbocycles. The van der Waals surface area contributed by atoms with E-state index in [1.165, 1.54) is 6.08 Å². The number of carbonyl (C=O) groups excluding carboxylic acids is 2. The number of carbonyl (C=O) groups is 3. The van der Waals surface area contributed by atoms with Crippen molar-refractivity contribution in [3.05, 3.63) is 63.3 Å². The van der Waals surface area contributed by atoms with E-state index in [4.69, 9.17) is 14.6 Å². The predicted octanol–water partition coefficient (Wildman–Crippen LogP) is 3.71. The molecule has 9 heteroatoms. The number of imide groups is 1. The van der Waals surface area contributed by atoms with Gasteiger partial charge in [-0.1, -0.05) is 29.8 Å². The fourth-order valence-corrected chi connectivity index (χ4v) is 3.51. The topological polar surface area (TPSA) is 105 Å². The number of rotatable bonds is 8. The highest BCUT2D eigenvalue weighted by molar-refractivity contribution is 9.10. The highest BCUT2D eigenvalue weighted by atomic mass is 79.9. The van der Waals surface area contributed by atoms with E-state index in [0.717, 1.165) is 11.1 Å². The number of aliphatic carboxylic acids is 1. The summed E-state index contributed by atoms with van der Waals surface area (Å²) in [6.45, 7) is 3.89. The quantitative estimate of drug-likeness (QED) is 0.433. The van der Waals surface area contributed by atoms with Crippen LogP contribution < -0.4 is 14.8 Å². The van der Waals surface area contributed by atoms with Crippen molar-refractivity contribution in [2.75, 3.05) is 13.2 Å². The second kappa shape index (κ2) is 9.65. The average Bonchev–Trinajstić information content (AvgIpc) is 2.96. The van der Waals surface area contributed by atoms with Gasteiger partial charge in [0.05, 0.1) is 11.1 Å². The molecule has 3 amide bonds. The Morgan fingerprint density at radius 3 is 2.55 bits per heavy atom. The van der Waals surface area contributed by atoms with Crippen LogP contribution in [0.15, 0.2) is 46.6 Å². The molecule has 3 rings (SSSR count). The number of halogens is 1. The summed E-state index contributed by atoms with van der Waals surface area (Å²) in [6, 6.07) is 10.6. The van der Waals surface area contributed by atoms with Crippen LogP contribution in [0.1, 0.15) is 23.6 Å². The molecule has 1 fully saturated rings. The van der Waals surface area contributed by atoms with Crippen molar-refractivity contribution in [3.63, 3.8) is 0 Å². The molecule has 1 aliphatic rings. The van der Waals surface area contributed by atoms with Gasteiger partial charge < -0.3 is 19.9 Å². The van der Waals surface area contributed by atoms with Gasteiger partial charge in [0.1, 0.15) is 18.8 Å². The van der Waals surface area contributed by atoms with Crippen LogP contribution in [0.25, 0.3) is 6.08 Å². The van der Waals surface area contributed by atoms with Gasteiger partial charge in [-0.2, -0.15) is 0 Å². The van der Waals surface area contributed by atoms with Crippen molar-refractivity contribution in [3.8, 4) is 11.5 Å². The zero-order valence-electron chi connectivity index (χ0n) is 17.0. The van der Waals surface area contributed by atoms with E-state index < -0.39 is 24.5 Å². The minimum atomic E-state index is -1.28. The smallest absolute Gasteiger partial charge is 0.329 e. The molecule has 0 aliphatic carbocycles. The molecule has 0 radical (unpaired) electrons. The van der Waals surface area contributed by atoms with E-state index in [1.807, 2.05) is 38.1 Å². The van der Waals surface area contributed by atoms with Crippen LogP contribution in [0.4, 0.5) is 4.79 Å². The second-order valence-electron chi connectivity index (χ2n) is 6.81. The summed E-state index contributed by atoms with van der Waals surface area (Å²) in [5, 5.41) is 11.3. The SMILES string of the molecule is CCOc1cc(/C=C2/NC(=O)N(CC(=O)O)C2=O)cc(Br)c1OCc1ccc(C)cc1. The fourth-order valence-electron chi connectivity index (χ4n) is 2.93. The number of nitrogens with one attached hydrogen (secondary N) is 1. The standard InChI is InChI=1S/C22H21BrN2O6/c1-3-30-18-10-15(9-17-21(28)25(11-19(26)27)22(29)24-17)8-16(23)20(18)31-12-14-6-4-13(2)5-7-14/h4-10H,3,11-12H2,1-2H3,(H,24,29)(H,26,27)/b17-9+. The van der Waals surface area contributed by atoms with Crippen molar-refractivity contribution in [2.45, 2.75) is 20.5 Å². The summed E-state index contributed by atoms with van der Waals surface area (Å²) in [6.07, 6.45) is 1.46. The molecular formula is C22H21BrN2O6. The Bertz CT molecular complexity index is 1050. The number of ether oxygens (including phenoxy) is 2. The summed E-state index contributed by atoms with van der Waals surface area (Å²) in [5.41, 5.74) is 2.71. The van der Waals surface area contributed by atoms with E-state index in [-0.39, 0.29) is 5.70 Å². The number of carboxylic acid groups (broad SMARTS) is 1. The number of carboxylic acids is 1. The molecule has 8 nitrogen and oxygen atoms in total. The van der Waals surface area contributed by atoms with Gasteiger partial charge in [0, 0.05) is 0 Å². The highest BCUT2D eigenvalue weighted by Gasteiger charge is 2.34. The first-order chi connectivity index (χ1) is 14.8. The largest absolute Gasteiger partial charge is 0.490 e. The first-order valence-electron chi connectivity index (χ1n) is 9.49. The van der Waals surface area contributed by atoms with Crippen LogP contribution in [-0.2, 0) is 16.2 Å². The zero-order valence-corrected chi connectivity index (χ0v) is 18.6. The summed E-state index contributed by atoms with van der Waals surface area (Å²) < 4.78 is 12.3. The van der Waals surface area contributed by atoms with Gasteiger partial charge in [-0.15, -0.1) is 0 Å². The van der Waals surface area contributed by atoms with E-state index in [0.29, 0.717) is 39.6 Å². The number of hydrogen-bond acceptors (Lipinski definition) is 5. The van der Waals surface area contributed by atoms with Crippen LogP contribution in [0.2, 0.25) is 0 Å². The Hall–Kier alpha value is -3.33. The van der Waals surface area contributed by atoms with Crippen LogP contribution in [0.3, 0.4) is 0 Å². The number of urea groups is 1. The van der Waals surface area contributed by atoms with Gasteiger partial charge in [0.15, 0.2) is 11.5 Å². The molecule has 0 atom stereocenters. The Morgan fingerprint density at radius 2 is 1.90 bits per heavy atom. The average molecular weight is 489 g/mol. The third-order valence-corrected chi connectivity index (χ3v) is 4.99. The van der Waals surface area contributed by atoms with Crippen molar-refractivity contribution in [1.29, 1.82) is 0 Å². The molecule has 2 aromatic rings. The molecule has 2 N–H and O–H groups in total. The van der Waals surface area contributed by atoms with E-state index in [2.05, 4.69) is 21.2 Å². The molecule has 0 saturated carbocycles. The summed E-state index contributed by atoms with van der Waals surface area (Å²) in [4.78, 5) is 35.7. The third kappa shape index (κ3) is 5.43. The molecule has 31 heavy (non-hydrogen) atoms. The van der Waals surface area contributed by atoms with Crippen molar-refractivity contribution in [1.82, 2.24) is 10.2 Å². The maximum absolute atomic E-state index is 12.3. The first-order valence-corrected chi connectivity index (χ1v) is 10.3. The second-order valence-corrected chi connectivity index (χ2v) is 7.66. The summed E-state index contributed by atoms with van der Waals surface area (Å²) >= 11 is 3.48. The third-order valence-electron chi connectivity index (χ3n) is 4.40. The Morgan fingerprint density at radius 1 is 1.19 bits per heavy atom. The number of amides is 3. The van der Waals surface area contributed by atoms with Crippen molar-refractivity contribution in [2.24, 2.45) is 0 Å². The predicted molar refractivity (Wildman–Crippen MR) is 117 cm³/mol. The lowest BCUT2D eigenvalue weighted by Gasteiger charge is -2.15. The van der Waals surface area contributed by atoms with E-state index in [9.17, 15) is 14.4 Å². The maximum Gasteiger partial charge on any atom is 0.329 e. The maximum atomic E-state index is 12.3. The van der Waals surface area contributed by atoms with Crippen LogP contribution >= 0.6 is 15.9 Å². The fraction of sp³-hybridized carbons (Fsp3) is 0.227. The lowest BCUT2D eigenvalue weighted by molar-refractivity contribution is -0.140. The van der Waals surface area contributed by atoms with Gasteiger partial charge in [0.2, 0.25) is 0 Å². The van der Waals surface area contributed by atoms with Crippen LogP contribution in [0.5, 0.6) is 11.5 Å². The Labute approximate surface area is 187 Å². The minimum Gasteiger partial charge on any atom is -0.490 e. The zero-order chi connectivity index (χ0) is 22.5. The van der Waals surface area contributed by atoms with Gasteiger partial charge >= 0.3 is 12.0 Å². The molecule has 0 spiro atoms. The molecule has 1 aliphatic heterocycles. The lowest BCUT2D eigenvalue weighted by atomic mass is 10.1. The number of benzene rings is 2. The van der Waals surface area contributed by atoms with Gasteiger partial charge in [0.25, 0.3) is 5.91 Å². The van der Waals surface area contributed by atoms with E-state index >= 15 is 0 Å². The molecule has 0 aromatic heterocycles.